The fourth-order valence-corrected chi connectivity index (χ4v) is 2.89. The van der Waals surface area contributed by atoms with Crippen molar-refractivity contribution in [2.24, 2.45) is 11.7 Å². The predicted molar refractivity (Wildman–Crippen MR) is 72.8 cm³/mol. The third-order valence-corrected chi connectivity index (χ3v) is 3.59. The Balaban J connectivity index is 2.21. The van der Waals surface area contributed by atoms with Crippen LogP contribution in [0.3, 0.4) is 0 Å². The molecule has 0 radical (unpaired) electrons. The smallest absolute Gasteiger partial charge is 0.123 e. The summed E-state index contributed by atoms with van der Waals surface area (Å²) in [5, 5.41) is 0. The molecule has 18 heavy (non-hydrogen) atoms. The Morgan fingerprint density at radius 3 is 2.61 bits per heavy atom. The Hall–Kier alpha value is -0.930. The monoisotopic (exact) mass is 250 g/mol. The van der Waals surface area contributed by atoms with Crippen molar-refractivity contribution in [3.05, 3.63) is 35.6 Å². The summed E-state index contributed by atoms with van der Waals surface area (Å²) in [7, 11) is 0. The van der Waals surface area contributed by atoms with E-state index in [0.29, 0.717) is 5.92 Å². The van der Waals surface area contributed by atoms with Crippen molar-refractivity contribution >= 4 is 0 Å². The molecule has 0 bridgehead atoms. The molecule has 1 saturated heterocycles. The normalized spacial score (nSPS) is 25.6. The van der Waals surface area contributed by atoms with Crippen molar-refractivity contribution in [3.63, 3.8) is 0 Å². The molecule has 1 aliphatic rings. The quantitative estimate of drug-likeness (QED) is 0.893. The van der Waals surface area contributed by atoms with Crippen LogP contribution >= 0.6 is 0 Å². The number of benzene rings is 1. The molecule has 0 aliphatic carbocycles. The first-order chi connectivity index (χ1) is 8.58. The second-order valence-electron chi connectivity index (χ2n) is 5.69. The highest BCUT2D eigenvalue weighted by molar-refractivity contribution is 5.22. The zero-order valence-corrected chi connectivity index (χ0v) is 11.3. The topological polar surface area (TPSA) is 29.3 Å². The van der Waals surface area contributed by atoms with Crippen molar-refractivity contribution in [2.75, 3.05) is 13.1 Å². The van der Waals surface area contributed by atoms with Gasteiger partial charge in [-0.3, -0.25) is 4.90 Å². The summed E-state index contributed by atoms with van der Waals surface area (Å²) in [5.74, 6) is 0.441. The summed E-state index contributed by atoms with van der Waals surface area (Å²) >= 11 is 0. The van der Waals surface area contributed by atoms with Gasteiger partial charge >= 0.3 is 0 Å². The lowest BCUT2D eigenvalue weighted by Gasteiger charge is -2.41. The second kappa shape index (κ2) is 5.81. The van der Waals surface area contributed by atoms with Crippen molar-refractivity contribution in [3.8, 4) is 0 Å². The number of rotatable bonds is 3. The summed E-state index contributed by atoms with van der Waals surface area (Å²) in [6.07, 6.45) is 2.21. The SMILES string of the molecule is CC(C)CN1CCCC(N)C1c1ccc(F)cc1. The molecule has 0 aromatic heterocycles. The van der Waals surface area contributed by atoms with Crippen LogP contribution in [0.15, 0.2) is 24.3 Å². The molecule has 0 spiro atoms. The molecule has 1 aromatic rings. The van der Waals surface area contributed by atoms with E-state index in [4.69, 9.17) is 5.73 Å². The van der Waals surface area contributed by atoms with Gasteiger partial charge in [0.2, 0.25) is 0 Å². The van der Waals surface area contributed by atoms with Gasteiger partial charge in [-0.15, -0.1) is 0 Å². The fourth-order valence-electron chi connectivity index (χ4n) is 2.89. The summed E-state index contributed by atoms with van der Waals surface area (Å²) in [5.41, 5.74) is 7.42. The van der Waals surface area contributed by atoms with Crippen LogP contribution in [0.2, 0.25) is 0 Å². The van der Waals surface area contributed by atoms with E-state index in [2.05, 4.69) is 18.7 Å². The maximum absolute atomic E-state index is 13.0. The van der Waals surface area contributed by atoms with E-state index < -0.39 is 0 Å². The van der Waals surface area contributed by atoms with Gasteiger partial charge in [0, 0.05) is 18.6 Å². The van der Waals surface area contributed by atoms with Crippen LogP contribution in [0.25, 0.3) is 0 Å². The molecule has 2 N–H and O–H groups in total. The molecular weight excluding hydrogens is 227 g/mol. The van der Waals surface area contributed by atoms with Gasteiger partial charge in [-0.2, -0.15) is 0 Å². The van der Waals surface area contributed by atoms with Gasteiger partial charge in [-0.25, -0.2) is 4.39 Å². The first-order valence-corrected chi connectivity index (χ1v) is 6.83. The molecule has 2 nitrogen and oxygen atoms in total. The summed E-state index contributed by atoms with van der Waals surface area (Å²) in [6, 6.07) is 7.20. The minimum Gasteiger partial charge on any atom is -0.326 e. The van der Waals surface area contributed by atoms with Crippen molar-refractivity contribution in [1.82, 2.24) is 4.90 Å². The van der Waals surface area contributed by atoms with Crippen molar-refractivity contribution in [2.45, 2.75) is 38.8 Å². The highest BCUT2D eigenvalue weighted by Gasteiger charge is 2.30. The summed E-state index contributed by atoms with van der Waals surface area (Å²) in [4.78, 5) is 2.45. The van der Waals surface area contributed by atoms with Crippen LogP contribution in [-0.2, 0) is 0 Å². The van der Waals surface area contributed by atoms with E-state index in [1.165, 1.54) is 12.1 Å². The van der Waals surface area contributed by atoms with Crippen molar-refractivity contribution in [1.29, 1.82) is 0 Å². The van der Waals surface area contributed by atoms with E-state index >= 15 is 0 Å². The molecule has 2 unspecified atom stereocenters. The largest absolute Gasteiger partial charge is 0.326 e. The van der Waals surface area contributed by atoms with Gasteiger partial charge in [0.15, 0.2) is 0 Å². The van der Waals surface area contributed by atoms with Gasteiger partial charge in [-0.05, 0) is 43.0 Å². The predicted octanol–water partition coefficient (Wildman–Crippen LogP) is 2.95. The number of nitrogens with two attached hydrogens (primary N) is 1. The fraction of sp³-hybridized carbons (Fsp3) is 0.600. The van der Waals surface area contributed by atoms with Gasteiger partial charge in [-0.1, -0.05) is 26.0 Å². The lowest BCUT2D eigenvalue weighted by Crippen LogP contribution is -2.47. The third kappa shape index (κ3) is 3.09. The van der Waals surface area contributed by atoms with Gasteiger partial charge in [0.05, 0.1) is 0 Å². The van der Waals surface area contributed by atoms with Crippen molar-refractivity contribution < 1.29 is 4.39 Å². The Kier molecular flexibility index (Phi) is 4.36. The van der Waals surface area contributed by atoms with Crippen LogP contribution in [0.4, 0.5) is 4.39 Å². The number of likely N-dealkylation sites (tertiary alicyclic amines) is 1. The molecule has 0 amide bonds. The van der Waals surface area contributed by atoms with E-state index in [-0.39, 0.29) is 17.9 Å². The van der Waals surface area contributed by atoms with E-state index in [0.717, 1.165) is 31.5 Å². The van der Waals surface area contributed by atoms with Gasteiger partial charge in [0.25, 0.3) is 0 Å². The Bertz CT molecular complexity index is 375. The number of hydrogen-bond acceptors (Lipinski definition) is 2. The number of hydrogen-bond donors (Lipinski definition) is 1. The molecule has 1 aliphatic heterocycles. The van der Waals surface area contributed by atoms with E-state index in [1.807, 2.05) is 12.1 Å². The molecule has 0 saturated carbocycles. The lowest BCUT2D eigenvalue weighted by atomic mass is 9.90. The van der Waals surface area contributed by atoms with Gasteiger partial charge in [0.1, 0.15) is 5.82 Å². The molecule has 1 aromatic carbocycles. The molecule has 1 fully saturated rings. The minimum atomic E-state index is -0.182. The molecule has 2 rings (SSSR count). The average molecular weight is 250 g/mol. The summed E-state index contributed by atoms with van der Waals surface area (Å²) in [6.45, 7) is 6.59. The van der Waals surface area contributed by atoms with Gasteiger partial charge < -0.3 is 5.73 Å². The van der Waals surface area contributed by atoms with Crippen LogP contribution in [0, 0.1) is 11.7 Å². The molecule has 2 atom stereocenters. The van der Waals surface area contributed by atoms with Crippen LogP contribution in [0.5, 0.6) is 0 Å². The number of halogens is 1. The maximum Gasteiger partial charge on any atom is 0.123 e. The molecular formula is C15H23FN2. The Labute approximate surface area is 109 Å². The lowest BCUT2D eigenvalue weighted by molar-refractivity contribution is 0.114. The van der Waals surface area contributed by atoms with Crippen LogP contribution in [0.1, 0.15) is 38.3 Å². The highest BCUT2D eigenvalue weighted by atomic mass is 19.1. The third-order valence-electron chi connectivity index (χ3n) is 3.59. The molecule has 3 heteroatoms. The second-order valence-corrected chi connectivity index (χ2v) is 5.69. The summed E-state index contributed by atoms with van der Waals surface area (Å²) < 4.78 is 13.0. The standard InChI is InChI=1S/C15H23FN2/c1-11(2)10-18-9-3-4-14(17)15(18)12-5-7-13(16)8-6-12/h5-8,11,14-15H,3-4,9-10,17H2,1-2H3. The average Bonchev–Trinajstić information content (AvgIpc) is 2.30. The highest BCUT2D eigenvalue weighted by Crippen LogP contribution is 2.30. The van der Waals surface area contributed by atoms with Crippen LogP contribution in [-0.4, -0.2) is 24.0 Å². The van der Waals surface area contributed by atoms with E-state index in [1.54, 1.807) is 0 Å². The Morgan fingerprint density at radius 1 is 1.33 bits per heavy atom. The molecule has 1 heterocycles. The van der Waals surface area contributed by atoms with E-state index in [9.17, 15) is 4.39 Å². The minimum absolute atomic E-state index is 0.156. The first-order valence-electron chi connectivity index (χ1n) is 6.83. The molecule has 100 valence electrons. The zero-order valence-electron chi connectivity index (χ0n) is 11.3. The first kappa shape index (κ1) is 13.5. The number of piperidine rings is 1. The Morgan fingerprint density at radius 2 is 2.00 bits per heavy atom. The number of nitrogens with zero attached hydrogens (tertiary/aromatic N) is 1. The maximum atomic E-state index is 13.0. The zero-order chi connectivity index (χ0) is 13.1. The van der Waals surface area contributed by atoms with Crippen LogP contribution < -0.4 is 5.73 Å².